The summed E-state index contributed by atoms with van der Waals surface area (Å²) in [5.74, 6) is -0.413. The summed E-state index contributed by atoms with van der Waals surface area (Å²) in [6.45, 7) is 0.562. The lowest BCUT2D eigenvalue weighted by atomic mass is 10.1. The van der Waals surface area contributed by atoms with Gasteiger partial charge in [0, 0.05) is 31.0 Å². The molecule has 2 aromatic rings. The molecule has 2 heterocycles. The quantitative estimate of drug-likeness (QED) is 0.817. The number of hydrogen-bond donors (Lipinski definition) is 2. The third kappa shape index (κ3) is 3.45. The molecular formula is C15H18ClN5O2. The van der Waals surface area contributed by atoms with E-state index in [0.717, 1.165) is 5.69 Å². The van der Waals surface area contributed by atoms with Crippen molar-refractivity contribution in [2.45, 2.75) is 12.5 Å². The van der Waals surface area contributed by atoms with Crippen LogP contribution in [0.25, 0.3) is 0 Å². The average Bonchev–Trinajstić information content (AvgIpc) is 3.06. The second-order valence-electron chi connectivity index (χ2n) is 5.30. The lowest BCUT2D eigenvalue weighted by Crippen LogP contribution is -2.41. The van der Waals surface area contributed by atoms with Gasteiger partial charge < -0.3 is 16.0 Å². The lowest BCUT2D eigenvalue weighted by molar-refractivity contribution is -0.118. The highest BCUT2D eigenvalue weighted by molar-refractivity contribution is 6.04. The van der Waals surface area contributed by atoms with Crippen molar-refractivity contribution in [2.24, 2.45) is 7.05 Å². The molecule has 7 nitrogen and oxygen atoms in total. The number of aromatic nitrogens is 2. The van der Waals surface area contributed by atoms with E-state index in [4.69, 9.17) is 5.73 Å². The zero-order valence-corrected chi connectivity index (χ0v) is 13.4. The number of rotatable bonds is 3. The van der Waals surface area contributed by atoms with Crippen molar-refractivity contribution in [1.29, 1.82) is 0 Å². The molecule has 3 N–H and O–H groups in total. The van der Waals surface area contributed by atoms with Crippen molar-refractivity contribution in [2.75, 3.05) is 17.2 Å². The number of amides is 2. The van der Waals surface area contributed by atoms with Crippen LogP contribution in [0.3, 0.4) is 0 Å². The molecule has 8 heteroatoms. The molecule has 1 atom stereocenters. The summed E-state index contributed by atoms with van der Waals surface area (Å²) in [5, 5.41) is 6.83. The van der Waals surface area contributed by atoms with Crippen LogP contribution in [0.2, 0.25) is 0 Å². The molecule has 1 unspecified atom stereocenters. The number of nitrogen functional groups attached to an aromatic ring is 1. The van der Waals surface area contributed by atoms with Crippen molar-refractivity contribution in [3.05, 3.63) is 42.2 Å². The van der Waals surface area contributed by atoms with Gasteiger partial charge in [-0.1, -0.05) is 6.07 Å². The molecule has 1 fully saturated rings. The van der Waals surface area contributed by atoms with Crippen LogP contribution in [0.5, 0.6) is 0 Å². The minimum atomic E-state index is -0.519. The van der Waals surface area contributed by atoms with Crippen LogP contribution in [0.15, 0.2) is 36.7 Å². The maximum atomic E-state index is 12.4. The molecule has 0 radical (unpaired) electrons. The maximum Gasteiger partial charge on any atom is 0.252 e. The molecule has 0 saturated carbocycles. The number of benzene rings is 1. The van der Waals surface area contributed by atoms with Crippen molar-refractivity contribution in [3.8, 4) is 0 Å². The molecule has 0 spiro atoms. The Labute approximate surface area is 139 Å². The predicted molar refractivity (Wildman–Crippen MR) is 89.5 cm³/mol. The minimum Gasteiger partial charge on any atom is -0.399 e. The van der Waals surface area contributed by atoms with Gasteiger partial charge in [-0.15, -0.1) is 12.4 Å². The van der Waals surface area contributed by atoms with Crippen LogP contribution >= 0.6 is 12.4 Å². The number of halogens is 1. The zero-order valence-electron chi connectivity index (χ0n) is 12.6. The monoisotopic (exact) mass is 335 g/mol. The molecule has 1 aliphatic heterocycles. The topological polar surface area (TPSA) is 93.2 Å². The van der Waals surface area contributed by atoms with E-state index in [-0.39, 0.29) is 24.2 Å². The van der Waals surface area contributed by atoms with Gasteiger partial charge in [0.15, 0.2) is 0 Å². The van der Waals surface area contributed by atoms with E-state index < -0.39 is 6.04 Å². The fraction of sp³-hybridized carbons (Fsp3) is 0.267. The molecule has 2 amide bonds. The molecule has 3 rings (SSSR count). The number of nitrogens with zero attached hydrogens (tertiary/aromatic N) is 3. The standard InChI is InChI=1S/C15H17N5O2.ClH/c1-19-9-12(8-17-19)20-6-5-13(15(20)22)18-14(21)10-3-2-4-11(16)7-10;/h2-4,7-9,13H,5-6,16H2,1H3,(H,18,21);1H. The van der Waals surface area contributed by atoms with Crippen LogP contribution < -0.4 is 16.0 Å². The summed E-state index contributed by atoms with van der Waals surface area (Å²) >= 11 is 0. The lowest BCUT2D eigenvalue weighted by Gasteiger charge is -2.15. The van der Waals surface area contributed by atoms with Gasteiger partial charge in [0.05, 0.1) is 11.9 Å². The highest BCUT2D eigenvalue weighted by Crippen LogP contribution is 2.21. The predicted octanol–water partition coefficient (Wildman–Crippen LogP) is 0.959. The molecule has 1 aromatic carbocycles. The van der Waals surface area contributed by atoms with E-state index in [0.29, 0.717) is 24.2 Å². The Balaban J connectivity index is 0.00000192. The molecule has 23 heavy (non-hydrogen) atoms. The third-order valence-corrected chi connectivity index (χ3v) is 3.66. The van der Waals surface area contributed by atoms with E-state index in [1.165, 1.54) is 0 Å². The summed E-state index contributed by atoms with van der Waals surface area (Å²) in [7, 11) is 1.79. The van der Waals surface area contributed by atoms with Gasteiger partial charge in [0.1, 0.15) is 6.04 Å². The van der Waals surface area contributed by atoms with Crippen molar-refractivity contribution in [3.63, 3.8) is 0 Å². The van der Waals surface area contributed by atoms with Gasteiger partial charge in [-0.05, 0) is 24.6 Å². The number of carbonyl (C=O) groups excluding carboxylic acids is 2. The Morgan fingerprint density at radius 1 is 1.43 bits per heavy atom. The number of nitrogens with two attached hydrogens (primary N) is 1. The SMILES string of the molecule is Cl.Cn1cc(N2CCC(NC(=O)c3cccc(N)c3)C2=O)cn1. The first-order chi connectivity index (χ1) is 10.5. The van der Waals surface area contributed by atoms with Crippen molar-refractivity contribution in [1.82, 2.24) is 15.1 Å². The molecule has 0 aliphatic carbocycles. The maximum absolute atomic E-state index is 12.4. The fourth-order valence-corrected chi connectivity index (χ4v) is 2.54. The smallest absolute Gasteiger partial charge is 0.252 e. The molecule has 122 valence electrons. The average molecular weight is 336 g/mol. The highest BCUT2D eigenvalue weighted by Gasteiger charge is 2.34. The Morgan fingerprint density at radius 3 is 2.87 bits per heavy atom. The van der Waals surface area contributed by atoms with Crippen LogP contribution in [0.4, 0.5) is 11.4 Å². The molecule has 1 aliphatic rings. The Bertz CT molecular complexity index is 730. The van der Waals surface area contributed by atoms with E-state index in [1.54, 1.807) is 53.3 Å². The summed E-state index contributed by atoms with van der Waals surface area (Å²) in [6, 6.07) is 6.16. The Hall–Kier alpha value is -2.54. The van der Waals surface area contributed by atoms with Crippen LogP contribution in [0, 0.1) is 0 Å². The van der Waals surface area contributed by atoms with Gasteiger partial charge >= 0.3 is 0 Å². The van der Waals surface area contributed by atoms with Crippen molar-refractivity contribution < 1.29 is 9.59 Å². The van der Waals surface area contributed by atoms with Crippen LogP contribution in [-0.4, -0.2) is 34.2 Å². The second-order valence-corrected chi connectivity index (χ2v) is 5.30. The summed E-state index contributed by atoms with van der Waals surface area (Å²) in [4.78, 5) is 26.2. The normalized spacial score (nSPS) is 17.0. The number of hydrogen-bond acceptors (Lipinski definition) is 4. The molecule has 1 aromatic heterocycles. The number of anilines is 2. The summed E-state index contributed by atoms with van der Waals surface area (Å²) in [6.07, 6.45) is 3.99. The molecular weight excluding hydrogens is 318 g/mol. The summed E-state index contributed by atoms with van der Waals surface area (Å²) < 4.78 is 1.64. The second kappa shape index (κ2) is 6.70. The molecule has 1 saturated heterocycles. The number of carbonyl (C=O) groups is 2. The van der Waals surface area contributed by atoms with E-state index >= 15 is 0 Å². The Morgan fingerprint density at radius 2 is 2.22 bits per heavy atom. The first kappa shape index (κ1) is 16.8. The fourth-order valence-electron chi connectivity index (χ4n) is 2.54. The van der Waals surface area contributed by atoms with Gasteiger partial charge in [-0.2, -0.15) is 5.10 Å². The first-order valence-electron chi connectivity index (χ1n) is 7.01. The number of nitrogens with one attached hydrogen (secondary N) is 1. The largest absolute Gasteiger partial charge is 0.399 e. The molecule has 0 bridgehead atoms. The van der Waals surface area contributed by atoms with Gasteiger partial charge in [-0.3, -0.25) is 14.3 Å². The third-order valence-electron chi connectivity index (χ3n) is 3.66. The zero-order chi connectivity index (χ0) is 15.7. The van der Waals surface area contributed by atoms with Gasteiger partial charge in [0.2, 0.25) is 5.91 Å². The van der Waals surface area contributed by atoms with E-state index in [2.05, 4.69) is 10.4 Å². The van der Waals surface area contributed by atoms with Crippen LogP contribution in [0.1, 0.15) is 16.8 Å². The summed E-state index contributed by atoms with van der Waals surface area (Å²) in [5.41, 5.74) is 7.38. The Kier molecular flexibility index (Phi) is 4.90. The first-order valence-corrected chi connectivity index (χ1v) is 7.01. The van der Waals surface area contributed by atoms with Gasteiger partial charge in [-0.25, -0.2) is 0 Å². The minimum absolute atomic E-state index is 0. The van der Waals surface area contributed by atoms with E-state index in [1.807, 2.05) is 0 Å². The van der Waals surface area contributed by atoms with Crippen LogP contribution in [-0.2, 0) is 11.8 Å². The van der Waals surface area contributed by atoms with Gasteiger partial charge in [0.25, 0.3) is 5.91 Å². The number of aryl methyl sites for hydroxylation is 1. The van der Waals surface area contributed by atoms with Crippen molar-refractivity contribution >= 4 is 35.6 Å². The van der Waals surface area contributed by atoms with E-state index in [9.17, 15) is 9.59 Å². The highest BCUT2D eigenvalue weighted by atomic mass is 35.5.